The Kier molecular flexibility index (Phi) is 8.26. The van der Waals surface area contributed by atoms with Gasteiger partial charge in [0.2, 0.25) is 0 Å². The second-order valence-corrected chi connectivity index (χ2v) is 6.59. The predicted octanol–water partition coefficient (Wildman–Crippen LogP) is 3.06. The minimum Gasteiger partial charge on any atom is -0.480 e. The topological polar surface area (TPSA) is 58.6 Å². The number of rotatable bonds is 10. The van der Waals surface area contributed by atoms with E-state index in [1.54, 1.807) is 6.92 Å². The lowest BCUT2D eigenvalue weighted by atomic mass is 9.93. The first kappa shape index (κ1) is 18.4. The number of hydrogen-bond donors (Lipinski definition) is 2. The summed E-state index contributed by atoms with van der Waals surface area (Å²) < 4.78 is 5.57. The normalized spacial score (nSPS) is 15.2. The van der Waals surface area contributed by atoms with Gasteiger partial charge in [0.15, 0.2) is 0 Å². The van der Waals surface area contributed by atoms with Crippen molar-refractivity contribution in [2.24, 2.45) is 5.41 Å². The molecule has 0 rings (SSSR count). The third-order valence-corrected chi connectivity index (χ3v) is 3.20. The van der Waals surface area contributed by atoms with Crippen LogP contribution < -0.4 is 5.32 Å². The van der Waals surface area contributed by atoms with Gasteiger partial charge < -0.3 is 15.2 Å². The fourth-order valence-electron chi connectivity index (χ4n) is 1.68. The molecular weight excluding hydrogens is 242 g/mol. The van der Waals surface area contributed by atoms with Crippen molar-refractivity contribution in [3.63, 3.8) is 0 Å². The number of carboxylic acid groups (broad SMARTS) is 1. The summed E-state index contributed by atoms with van der Waals surface area (Å²) in [6, 6.07) is 0. The molecule has 2 N–H and O–H groups in total. The molecule has 114 valence electrons. The maximum Gasteiger partial charge on any atom is 0.323 e. The highest BCUT2D eigenvalue weighted by molar-refractivity contribution is 5.78. The van der Waals surface area contributed by atoms with Crippen LogP contribution in [0.1, 0.15) is 60.3 Å². The number of aliphatic carboxylic acids is 1. The van der Waals surface area contributed by atoms with Gasteiger partial charge in [0.25, 0.3) is 0 Å². The number of ether oxygens (including phenoxy) is 1. The number of carbonyl (C=O) groups is 1. The molecule has 4 nitrogen and oxygen atoms in total. The van der Waals surface area contributed by atoms with Gasteiger partial charge in [-0.15, -0.1) is 0 Å². The van der Waals surface area contributed by atoms with Gasteiger partial charge in [-0.3, -0.25) is 4.79 Å². The first-order chi connectivity index (χ1) is 8.71. The molecule has 0 radical (unpaired) electrons. The Hall–Kier alpha value is -0.610. The van der Waals surface area contributed by atoms with E-state index in [0.29, 0.717) is 13.0 Å². The molecule has 0 aromatic carbocycles. The lowest BCUT2D eigenvalue weighted by molar-refractivity contribution is -0.144. The van der Waals surface area contributed by atoms with Crippen LogP contribution in [-0.2, 0) is 9.53 Å². The number of nitrogens with one attached hydrogen (secondary N) is 1. The van der Waals surface area contributed by atoms with Gasteiger partial charge in [-0.05, 0) is 44.6 Å². The molecule has 0 fully saturated rings. The average Bonchev–Trinajstić information content (AvgIpc) is 2.29. The number of carboxylic acids is 1. The van der Waals surface area contributed by atoms with Crippen molar-refractivity contribution in [3.8, 4) is 0 Å². The summed E-state index contributed by atoms with van der Waals surface area (Å²) >= 11 is 0. The van der Waals surface area contributed by atoms with E-state index in [1.165, 1.54) is 0 Å². The van der Waals surface area contributed by atoms with E-state index in [1.807, 2.05) is 6.92 Å². The highest BCUT2D eigenvalue weighted by Crippen LogP contribution is 2.18. The lowest BCUT2D eigenvalue weighted by Crippen LogP contribution is -2.49. The Labute approximate surface area is 117 Å². The molecule has 0 bridgehead atoms. The van der Waals surface area contributed by atoms with Gasteiger partial charge >= 0.3 is 5.97 Å². The van der Waals surface area contributed by atoms with Crippen LogP contribution in [0.4, 0.5) is 0 Å². The van der Waals surface area contributed by atoms with Crippen LogP contribution >= 0.6 is 0 Å². The van der Waals surface area contributed by atoms with E-state index in [-0.39, 0.29) is 5.41 Å². The summed E-state index contributed by atoms with van der Waals surface area (Å²) in [5.74, 6) is -0.782. The van der Waals surface area contributed by atoms with Crippen molar-refractivity contribution < 1.29 is 14.6 Å². The van der Waals surface area contributed by atoms with E-state index >= 15 is 0 Å². The van der Waals surface area contributed by atoms with Gasteiger partial charge in [-0.1, -0.05) is 27.7 Å². The van der Waals surface area contributed by atoms with Crippen molar-refractivity contribution >= 4 is 5.97 Å². The Morgan fingerprint density at radius 1 is 1.16 bits per heavy atom. The average molecular weight is 273 g/mol. The van der Waals surface area contributed by atoms with Gasteiger partial charge in [0, 0.05) is 13.2 Å². The van der Waals surface area contributed by atoms with Crippen LogP contribution in [0.15, 0.2) is 0 Å². The summed E-state index contributed by atoms with van der Waals surface area (Å²) in [4.78, 5) is 11.3. The molecule has 0 heterocycles. The Morgan fingerprint density at radius 2 is 1.79 bits per heavy atom. The summed E-state index contributed by atoms with van der Waals surface area (Å²) in [5, 5.41) is 12.4. The maximum atomic E-state index is 11.3. The quantitative estimate of drug-likeness (QED) is 0.601. The minimum absolute atomic E-state index is 0.290. The summed E-state index contributed by atoms with van der Waals surface area (Å²) in [6.07, 6.45) is 3.32. The third-order valence-electron chi connectivity index (χ3n) is 3.20. The molecule has 4 heteroatoms. The van der Waals surface area contributed by atoms with Crippen LogP contribution in [-0.4, -0.2) is 36.4 Å². The second kappa shape index (κ2) is 8.54. The van der Waals surface area contributed by atoms with Gasteiger partial charge in [-0.2, -0.15) is 0 Å². The molecule has 1 unspecified atom stereocenters. The molecule has 0 amide bonds. The summed E-state index contributed by atoms with van der Waals surface area (Å²) in [5.41, 5.74) is -0.540. The molecule has 0 saturated heterocycles. The van der Waals surface area contributed by atoms with Crippen LogP contribution in [0.2, 0.25) is 0 Å². The Balaban J connectivity index is 3.85. The van der Waals surface area contributed by atoms with E-state index in [9.17, 15) is 9.90 Å². The summed E-state index contributed by atoms with van der Waals surface area (Å²) in [7, 11) is 0. The fraction of sp³-hybridized carbons (Fsp3) is 0.933. The van der Waals surface area contributed by atoms with Gasteiger partial charge in [0.1, 0.15) is 5.54 Å². The van der Waals surface area contributed by atoms with Crippen molar-refractivity contribution in [3.05, 3.63) is 0 Å². The third kappa shape index (κ3) is 9.00. The molecule has 19 heavy (non-hydrogen) atoms. The van der Waals surface area contributed by atoms with E-state index in [2.05, 4.69) is 26.1 Å². The highest BCUT2D eigenvalue weighted by atomic mass is 16.5. The first-order valence-corrected chi connectivity index (χ1v) is 7.27. The van der Waals surface area contributed by atoms with Crippen molar-refractivity contribution in [1.82, 2.24) is 5.32 Å². The molecule has 0 aromatic heterocycles. The molecule has 1 atom stereocenters. The first-order valence-electron chi connectivity index (χ1n) is 7.27. The van der Waals surface area contributed by atoms with Crippen LogP contribution in [0.5, 0.6) is 0 Å². The molecular formula is C15H31NO3. The van der Waals surface area contributed by atoms with E-state index < -0.39 is 11.5 Å². The maximum absolute atomic E-state index is 11.3. The Morgan fingerprint density at radius 3 is 2.26 bits per heavy atom. The zero-order chi connectivity index (χ0) is 14.9. The van der Waals surface area contributed by atoms with Crippen LogP contribution in [0, 0.1) is 5.41 Å². The zero-order valence-corrected chi connectivity index (χ0v) is 13.2. The smallest absolute Gasteiger partial charge is 0.323 e. The second-order valence-electron chi connectivity index (χ2n) is 6.59. The highest BCUT2D eigenvalue weighted by Gasteiger charge is 2.31. The molecule has 0 aliphatic carbocycles. The van der Waals surface area contributed by atoms with Gasteiger partial charge in [-0.25, -0.2) is 0 Å². The number of hydrogen-bond acceptors (Lipinski definition) is 3. The minimum atomic E-state index is -0.830. The predicted molar refractivity (Wildman–Crippen MR) is 78.5 cm³/mol. The van der Waals surface area contributed by atoms with Crippen molar-refractivity contribution in [2.45, 2.75) is 65.8 Å². The molecule has 0 aliphatic rings. The molecule has 0 saturated carbocycles. The van der Waals surface area contributed by atoms with E-state index in [4.69, 9.17) is 4.74 Å². The lowest BCUT2D eigenvalue weighted by Gasteiger charge is -2.26. The van der Waals surface area contributed by atoms with Crippen molar-refractivity contribution in [2.75, 3.05) is 19.8 Å². The van der Waals surface area contributed by atoms with Crippen LogP contribution in [0.25, 0.3) is 0 Å². The van der Waals surface area contributed by atoms with Crippen LogP contribution in [0.3, 0.4) is 0 Å². The standard InChI is InChI=1S/C15H31NO3/c1-6-10-16-15(5,13(17)18)8-7-11-19-12-9-14(2,3)4/h16H,6-12H2,1-5H3,(H,17,18). The Bertz CT molecular complexity index is 261. The monoisotopic (exact) mass is 273 g/mol. The zero-order valence-electron chi connectivity index (χ0n) is 13.2. The van der Waals surface area contributed by atoms with Crippen molar-refractivity contribution in [1.29, 1.82) is 0 Å². The summed E-state index contributed by atoms with van der Waals surface area (Å²) in [6.45, 7) is 12.5. The molecule has 0 aliphatic heterocycles. The fourth-order valence-corrected chi connectivity index (χ4v) is 1.68. The molecule has 0 spiro atoms. The SMILES string of the molecule is CCCNC(C)(CCCOCCC(C)(C)C)C(=O)O. The van der Waals surface area contributed by atoms with E-state index in [0.717, 1.165) is 32.4 Å². The largest absolute Gasteiger partial charge is 0.480 e. The molecule has 0 aromatic rings. The van der Waals surface area contributed by atoms with Gasteiger partial charge in [0.05, 0.1) is 0 Å².